The Labute approximate surface area is 111 Å². The molecule has 1 aliphatic heterocycles. The Balaban J connectivity index is 2.18. The maximum Gasteiger partial charge on any atom is 0.270 e. The quantitative estimate of drug-likeness (QED) is 0.780. The molecule has 0 radical (unpaired) electrons. The average Bonchev–Trinajstić information content (AvgIpc) is 2.84. The molecule has 4 heteroatoms. The summed E-state index contributed by atoms with van der Waals surface area (Å²) in [5, 5.41) is 9.04. The molecule has 0 N–H and O–H groups in total. The van der Waals surface area contributed by atoms with E-state index in [1.54, 1.807) is 4.57 Å². The maximum absolute atomic E-state index is 12.2. The second-order valence-electron chi connectivity index (χ2n) is 4.62. The van der Waals surface area contributed by atoms with Gasteiger partial charge in [0.25, 0.3) is 5.56 Å². The van der Waals surface area contributed by atoms with Crippen LogP contribution in [0, 0.1) is 18.3 Å². The van der Waals surface area contributed by atoms with Gasteiger partial charge in [-0.3, -0.25) is 9.36 Å². The zero-order valence-electron chi connectivity index (χ0n) is 10.6. The van der Waals surface area contributed by atoms with Gasteiger partial charge in [-0.2, -0.15) is 5.26 Å². The zero-order valence-corrected chi connectivity index (χ0v) is 10.6. The number of nitriles is 1. The van der Waals surface area contributed by atoms with Crippen molar-refractivity contribution in [2.24, 2.45) is 0 Å². The van der Waals surface area contributed by atoms with Gasteiger partial charge in [-0.05, 0) is 30.7 Å². The van der Waals surface area contributed by atoms with E-state index >= 15 is 0 Å². The molecule has 0 saturated heterocycles. The molecule has 1 aromatic heterocycles. The van der Waals surface area contributed by atoms with Crippen molar-refractivity contribution in [1.29, 1.82) is 5.26 Å². The number of benzene rings is 1. The van der Waals surface area contributed by atoms with E-state index in [-0.39, 0.29) is 11.1 Å². The normalized spacial score (nSPS) is 13.2. The van der Waals surface area contributed by atoms with Gasteiger partial charge < -0.3 is 4.90 Å². The highest BCUT2D eigenvalue weighted by molar-refractivity contribution is 5.63. The lowest BCUT2D eigenvalue weighted by Gasteiger charge is -2.18. The largest absolute Gasteiger partial charge is 0.326 e. The molecule has 0 fully saturated rings. The third kappa shape index (κ3) is 1.71. The van der Waals surface area contributed by atoms with Crippen molar-refractivity contribution in [3.05, 3.63) is 57.9 Å². The summed E-state index contributed by atoms with van der Waals surface area (Å²) < 4.78 is 1.68. The Morgan fingerprint density at radius 2 is 1.95 bits per heavy atom. The lowest BCUT2D eigenvalue weighted by atomic mass is 10.1. The summed E-state index contributed by atoms with van der Waals surface area (Å²) in [7, 11) is 0. The Morgan fingerprint density at radius 3 is 2.63 bits per heavy atom. The van der Waals surface area contributed by atoms with E-state index in [2.05, 4.69) is 4.90 Å². The van der Waals surface area contributed by atoms with Crippen LogP contribution >= 0.6 is 0 Å². The van der Waals surface area contributed by atoms with Gasteiger partial charge in [-0.15, -0.1) is 0 Å². The molecule has 0 atom stereocenters. The number of hydrogen-bond donors (Lipinski definition) is 0. The first kappa shape index (κ1) is 11.5. The number of aromatic nitrogens is 1. The fourth-order valence-corrected chi connectivity index (χ4v) is 2.51. The molecule has 0 aliphatic carbocycles. The van der Waals surface area contributed by atoms with Gasteiger partial charge in [0.15, 0.2) is 0 Å². The SMILES string of the molecule is Cc1cc2n(c(=O)c1C#N)CCN2c1ccccc1. The van der Waals surface area contributed by atoms with Crippen LogP contribution in [-0.4, -0.2) is 11.1 Å². The first-order chi connectivity index (χ1) is 9.22. The third-order valence-electron chi connectivity index (χ3n) is 3.48. The van der Waals surface area contributed by atoms with E-state index in [9.17, 15) is 4.79 Å². The maximum atomic E-state index is 12.2. The van der Waals surface area contributed by atoms with E-state index in [1.165, 1.54) is 0 Å². The van der Waals surface area contributed by atoms with Crippen molar-refractivity contribution in [3.63, 3.8) is 0 Å². The van der Waals surface area contributed by atoms with Gasteiger partial charge in [0.05, 0.1) is 0 Å². The van der Waals surface area contributed by atoms with Crippen LogP contribution in [0.4, 0.5) is 11.5 Å². The molecule has 1 aromatic carbocycles. The van der Waals surface area contributed by atoms with Gasteiger partial charge in [0, 0.05) is 18.8 Å². The van der Waals surface area contributed by atoms with E-state index in [4.69, 9.17) is 5.26 Å². The van der Waals surface area contributed by atoms with E-state index in [0.29, 0.717) is 6.54 Å². The molecule has 0 amide bonds. The lowest BCUT2D eigenvalue weighted by molar-refractivity contribution is 0.763. The number of nitrogens with zero attached hydrogens (tertiary/aromatic N) is 3. The fourth-order valence-electron chi connectivity index (χ4n) is 2.51. The molecule has 0 saturated carbocycles. The highest BCUT2D eigenvalue weighted by Gasteiger charge is 2.23. The Kier molecular flexibility index (Phi) is 2.60. The Morgan fingerprint density at radius 1 is 1.21 bits per heavy atom. The van der Waals surface area contributed by atoms with Gasteiger partial charge in [0.1, 0.15) is 17.5 Å². The molecule has 0 unspecified atom stereocenters. The predicted octanol–water partition coefficient (Wildman–Crippen LogP) is 2.18. The number of rotatable bonds is 1. The van der Waals surface area contributed by atoms with Gasteiger partial charge in [0.2, 0.25) is 0 Å². The molecule has 2 aromatic rings. The highest BCUT2D eigenvalue weighted by atomic mass is 16.1. The lowest BCUT2D eigenvalue weighted by Crippen LogP contribution is -2.22. The van der Waals surface area contributed by atoms with E-state index < -0.39 is 0 Å². The van der Waals surface area contributed by atoms with Gasteiger partial charge in [-0.1, -0.05) is 18.2 Å². The summed E-state index contributed by atoms with van der Waals surface area (Å²) in [6.07, 6.45) is 0. The number of hydrogen-bond acceptors (Lipinski definition) is 3. The summed E-state index contributed by atoms with van der Waals surface area (Å²) in [5.41, 5.74) is 1.87. The highest BCUT2D eigenvalue weighted by Crippen LogP contribution is 2.29. The molecule has 3 rings (SSSR count). The zero-order chi connectivity index (χ0) is 13.4. The number of fused-ring (bicyclic) bond motifs is 1. The smallest absolute Gasteiger partial charge is 0.270 e. The Hall–Kier alpha value is -2.54. The van der Waals surface area contributed by atoms with E-state index in [0.717, 1.165) is 23.6 Å². The monoisotopic (exact) mass is 251 g/mol. The van der Waals surface area contributed by atoms with Crippen LogP contribution in [0.1, 0.15) is 11.1 Å². The van der Waals surface area contributed by atoms with Crippen molar-refractivity contribution in [2.75, 3.05) is 11.4 Å². The first-order valence-corrected chi connectivity index (χ1v) is 6.19. The number of pyridine rings is 1. The number of aryl methyl sites for hydroxylation is 1. The van der Waals surface area contributed by atoms with Crippen LogP contribution in [0.3, 0.4) is 0 Å². The molecule has 19 heavy (non-hydrogen) atoms. The molecule has 2 heterocycles. The van der Waals surface area contributed by atoms with Crippen LogP contribution in [0.2, 0.25) is 0 Å². The van der Waals surface area contributed by atoms with Crippen molar-refractivity contribution in [2.45, 2.75) is 13.5 Å². The van der Waals surface area contributed by atoms with Crippen molar-refractivity contribution < 1.29 is 0 Å². The number of anilines is 2. The van der Waals surface area contributed by atoms with Crippen LogP contribution in [0.15, 0.2) is 41.2 Å². The topological polar surface area (TPSA) is 49.0 Å². The minimum atomic E-state index is -0.184. The molecule has 1 aliphatic rings. The summed E-state index contributed by atoms with van der Waals surface area (Å²) in [5.74, 6) is 0.868. The third-order valence-corrected chi connectivity index (χ3v) is 3.48. The molecule has 0 bridgehead atoms. The summed E-state index contributed by atoms with van der Waals surface area (Å²) in [4.78, 5) is 14.3. The predicted molar refractivity (Wildman–Crippen MR) is 73.6 cm³/mol. The number of para-hydroxylation sites is 1. The van der Waals surface area contributed by atoms with Crippen LogP contribution in [0.5, 0.6) is 0 Å². The second kappa shape index (κ2) is 4.29. The van der Waals surface area contributed by atoms with Crippen LogP contribution in [-0.2, 0) is 6.54 Å². The van der Waals surface area contributed by atoms with Gasteiger partial charge in [-0.25, -0.2) is 0 Å². The molecular weight excluding hydrogens is 238 g/mol. The Bertz CT molecular complexity index is 726. The van der Waals surface area contributed by atoms with Crippen LogP contribution in [0.25, 0.3) is 0 Å². The summed E-state index contributed by atoms with van der Waals surface area (Å²) in [6.45, 7) is 3.19. The summed E-state index contributed by atoms with van der Waals surface area (Å²) in [6, 6.07) is 13.9. The molecule has 94 valence electrons. The molecular formula is C15H13N3O. The average molecular weight is 251 g/mol. The van der Waals surface area contributed by atoms with Gasteiger partial charge >= 0.3 is 0 Å². The van der Waals surface area contributed by atoms with Crippen molar-refractivity contribution in [3.8, 4) is 6.07 Å². The fraction of sp³-hybridized carbons (Fsp3) is 0.200. The van der Waals surface area contributed by atoms with Crippen molar-refractivity contribution in [1.82, 2.24) is 4.57 Å². The summed E-state index contributed by atoms with van der Waals surface area (Å²) >= 11 is 0. The minimum absolute atomic E-state index is 0.184. The van der Waals surface area contributed by atoms with Crippen molar-refractivity contribution >= 4 is 11.5 Å². The molecule has 0 spiro atoms. The van der Waals surface area contributed by atoms with E-state index in [1.807, 2.05) is 49.4 Å². The first-order valence-electron chi connectivity index (χ1n) is 6.19. The second-order valence-corrected chi connectivity index (χ2v) is 4.62. The minimum Gasteiger partial charge on any atom is -0.326 e. The standard InChI is InChI=1S/C15H13N3O/c1-11-9-14-17(12-5-3-2-4-6-12)7-8-18(14)15(19)13(11)10-16/h2-6,9H,7-8H2,1H3. The molecule has 4 nitrogen and oxygen atoms in total. The van der Waals surface area contributed by atoms with Crippen LogP contribution < -0.4 is 10.5 Å².